The van der Waals surface area contributed by atoms with Crippen LogP contribution in [-0.4, -0.2) is 35.0 Å². The molecule has 0 unspecified atom stereocenters. The minimum absolute atomic E-state index is 0.0343. The van der Waals surface area contributed by atoms with Gasteiger partial charge >= 0.3 is 11.9 Å². The van der Waals surface area contributed by atoms with E-state index in [4.69, 9.17) is 21.2 Å². The molecule has 0 saturated heterocycles. The van der Waals surface area contributed by atoms with Gasteiger partial charge in [-0.05, 0) is 90.6 Å². The van der Waals surface area contributed by atoms with E-state index in [0.717, 1.165) is 33.4 Å². The molecule has 0 aliphatic rings. The highest BCUT2D eigenvalue weighted by Crippen LogP contribution is 2.26. The predicted octanol–water partition coefficient (Wildman–Crippen LogP) is 6.92. The van der Waals surface area contributed by atoms with E-state index in [0.29, 0.717) is 28.5 Å². The lowest BCUT2D eigenvalue weighted by molar-refractivity contribution is 0.0695. The van der Waals surface area contributed by atoms with Gasteiger partial charge in [0.1, 0.15) is 25.2 Å². The van der Waals surface area contributed by atoms with Crippen LogP contribution in [0.5, 0.6) is 5.75 Å². The van der Waals surface area contributed by atoms with Gasteiger partial charge in [-0.25, -0.2) is 9.59 Å². The highest BCUT2D eigenvalue weighted by molar-refractivity contribution is 6.31. The van der Waals surface area contributed by atoms with Gasteiger partial charge in [-0.3, -0.25) is 0 Å². The minimum atomic E-state index is -1.17. The molecule has 0 spiro atoms. The fourth-order valence-electron chi connectivity index (χ4n) is 4.51. The van der Waals surface area contributed by atoms with Gasteiger partial charge in [0.25, 0.3) is 0 Å². The average molecular weight is 558 g/mol. The van der Waals surface area contributed by atoms with Gasteiger partial charge in [0.15, 0.2) is 0 Å². The summed E-state index contributed by atoms with van der Waals surface area (Å²) in [6.45, 7) is 4.19. The van der Waals surface area contributed by atoms with Gasteiger partial charge in [-0.1, -0.05) is 53.2 Å². The van der Waals surface area contributed by atoms with Crippen LogP contribution in [0, 0.1) is 13.8 Å². The number of hydrogen-bond acceptors (Lipinski definition) is 5. The smallest absolute Gasteiger partial charge is 0.336 e. The second-order valence-electron chi connectivity index (χ2n) is 9.27. The molecule has 0 aromatic heterocycles. The molecule has 4 aromatic carbocycles. The number of rotatable bonds is 10. The maximum absolute atomic E-state index is 11.9. The molecule has 8 heteroatoms. The third kappa shape index (κ3) is 6.50. The first-order valence-electron chi connectivity index (χ1n) is 12.5. The first-order valence-corrected chi connectivity index (χ1v) is 12.8. The molecule has 0 atom stereocenters. The van der Waals surface area contributed by atoms with Crippen molar-refractivity contribution in [2.75, 3.05) is 7.11 Å². The minimum Gasteiger partial charge on any atom is -0.489 e. The molecule has 7 nitrogen and oxygen atoms in total. The molecule has 204 valence electrons. The number of hydrogen-bond donors (Lipinski definition) is 2. The monoisotopic (exact) mass is 557 g/mol. The Kier molecular flexibility index (Phi) is 8.86. The Balaban J connectivity index is 1.59. The van der Waals surface area contributed by atoms with Crippen molar-refractivity contribution >= 4 is 29.3 Å². The van der Waals surface area contributed by atoms with Gasteiger partial charge < -0.3 is 19.8 Å². The van der Waals surface area contributed by atoms with E-state index in [9.17, 15) is 19.8 Å². The fourth-order valence-corrected chi connectivity index (χ4v) is 4.70. The Bertz CT molecular complexity index is 1610. The second kappa shape index (κ2) is 12.5. The van der Waals surface area contributed by atoms with Crippen molar-refractivity contribution in [3.8, 4) is 5.75 Å². The third-order valence-corrected chi connectivity index (χ3v) is 6.81. The van der Waals surface area contributed by atoms with E-state index in [-0.39, 0.29) is 17.7 Å². The first-order chi connectivity index (χ1) is 19.2. The number of halogens is 1. The normalized spacial score (nSPS) is 11.2. The Morgan fingerprint density at radius 1 is 0.800 bits per heavy atom. The lowest BCUT2D eigenvalue weighted by atomic mass is 9.93. The van der Waals surface area contributed by atoms with Crippen LogP contribution in [0.3, 0.4) is 0 Å². The number of aromatic carboxylic acids is 2. The maximum atomic E-state index is 11.9. The van der Waals surface area contributed by atoms with Crippen LogP contribution in [0.15, 0.2) is 84.0 Å². The molecule has 0 radical (unpaired) electrons. The van der Waals surface area contributed by atoms with Crippen LogP contribution in [0.2, 0.25) is 5.02 Å². The number of carboxylic acid groups (broad SMARTS) is 2. The quantitative estimate of drug-likeness (QED) is 0.162. The predicted molar refractivity (Wildman–Crippen MR) is 154 cm³/mol. The molecule has 4 aromatic rings. The molecule has 4 rings (SSSR count). The van der Waals surface area contributed by atoms with Crippen molar-refractivity contribution < 1.29 is 29.4 Å². The summed E-state index contributed by atoms with van der Waals surface area (Å²) in [6, 6.07) is 23.1. The Morgan fingerprint density at radius 3 is 2.20 bits per heavy atom. The number of carbonyl (C=O) groups is 2. The number of oxime groups is 1. The van der Waals surface area contributed by atoms with Crippen molar-refractivity contribution in [2.45, 2.75) is 26.9 Å². The van der Waals surface area contributed by atoms with E-state index in [1.165, 1.54) is 19.2 Å². The molecular weight excluding hydrogens is 530 g/mol. The van der Waals surface area contributed by atoms with Crippen LogP contribution < -0.4 is 4.74 Å². The fraction of sp³-hybridized carbons (Fsp3) is 0.156. The van der Waals surface area contributed by atoms with Gasteiger partial charge in [-0.15, -0.1) is 0 Å². The summed E-state index contributed by atoms with van der Waals surface area (Å²) in [5.74, 6) is -1.65. The maximum Gasteiger partial charge on any atom is 0.336 e. The van der Waals surface area contributed by atoms with Crippen molar-refractivity contribution in [1.82, 2.24) is 0 Å². The van der Waals surface area contributed by atoms with Crippen LogP contribution in [0.4, 0.5) is 0 Å². The van der Waals surface area contributed by atoms with Gasteiger partial charge in [-0.2, -0.15) is 0 Å². The Morgan fingerprint density at radius 2 is 1.52 bits per heavy atom. The summed E-state index contributed by atoms with van der Waals surface area (Å²) in [5.41, 5.74) is 6.47. The van der Waals surface area contributed by atoms with Crippen LogP contribution in [0.1, 0.15) is 59.7 Å². The second-order valence-corrected chi connectivity index (χ2v) is 9.71. The number of nitrogens with zero attached hydrogens (tertiary/aromatic N) is 1. The molecule has 2 N–H and O–H groups in total. The van der Waals surface area contributed by atoms with E-state index in [1.54, 1.807) is 12.1 Å². The Hall–Kier alpha value is -4.62. The summed E-state index contributed by atoms with van der Waals surface area (Å²) < 4.78 is 6.24. The highest BCUT2D eigenvalue weighted by Gasteiger charge is 2.17. The molecule has 0 aliphatic carbocycles. The standard InChI is InChI=1S/C32H28ClNO6/c1-19-6-4-7-21(15-22-10-11-25(31(35)36)17-27(22)32(37)38)28(19)18-40-29-13-12-24(14-20(29)2)30(34-39-3)23-8-5-9-26(33)16-23/h4-14,16-17H,15,18H2,1-3H3,(H,35,36)(H,37,38). The van der Waals surface area contributed by atoms with Crippen molar-refractivity contribution in [3.05, 3.63) is 134 Å². The SMILES string of the molecule is CON=C(c1cccc(Cl)c1)c1ccc(OCc2c(C)cccc2Cc2ccc(C(=O)O)cc2C(=O)O)c(C)c1. The average Bonchev–Trinajstić information content (AvgIpc) is 2.92. The molecule has 0 amide bonds. The van der Waals surface area contributed by atoms with Crippen LogP contribution >= 0.6 is 11.6 Å². The lowest BCUT2D eigenvalue weighted by Crippen LogP contribution is -2.09. The molecule has 0 fully saturated rings. The van der Waals surface area contributed by atoms with Crippen molar-refractivity contribution in [2.24, 2.45) is 5.16 Å². The molecule has 0 heterocycles. The van der Waals surface area contributed by atoms with E-state index in [1.807, 2.05) is 68.4 Å². The molecule has 40 heavy (non-hydrogen) atoms. The number of carboxylic acids is 2. The van der Waals surface area contributed by atoms with E-state index < -0.39 is 11.9 Å². The first kappa shape index (κ1) is 28.4. The zero-order chi connectivity index (χ0) is 28.8. The summed E-state index contributed by atoms with van der Waals surface area (Å²) in [6.07, 6.45) is 0.316. The van der Waals surface area contributed by atoms with Gasteiger partial charge in [0.2, 0.25) is 0 Å². The molecule has 0 bridgehead atoms. The lowest BCUT2D eigenvalue weighted by Gasteiger charge is -2.17. The molecule has 0 aliphatic heterocycles. The summed E-state index contributed by atoms with van der Waals surface area (Å²) in [7, 11) is 1.49. The van der Waals surface area contributed by atoms with E-state index >= 15 is 0 Å². The molecule has 0 saturated carbocycles. The van der Waals surface area contributed by atoms with Crippen LogP contribution in [-0.2, 0) is 17.9 Å². The molecular formula is C32H28ClNO6. The number of ether oxygens (including phenoxy) is 1. The van der Waals surface area contributed by atoms with Crippen LogP contribution in [0.25, 0.3) is 0 Å². The number of aryl methyl sites for hydroxylation is 2. The van der Waals surface area contributed by atoms with Gasteiger partial charge in [0.05, 0.1) is 11.1 Å². The van der Waals surface area contributed by atoms with Crippen molar-refractivity contribution in [1.29, 1.82) is 0 Å². The zero-order valence-electron chi connectivity index (χ0n) is 22.3. The zero-order valence-corrected chi connectivity index (χ0v) is 23.0. The number of benzene rings is 4. The topological polar surface area (TPSA) is 105 Å². The van der Waals surface area contributed by atoms with E-state index in [2.05, 4.69) is 5.16 Å². The van der Waals surface area contributed by atoms with Crippen molar-refractivity contribution in [3.63, 3.8) is 0 Å². The third-order valence-electron chi connectivity index (χ3n) is 6.58. The van der Waals surface area contributed by atoms with Gasteiger partial charge in [0, 0.05) is 16.1 Å². The highest BCUT2D eigenvalue weighted by atomic mass is 35.5. The summed E-state index contributed by atoms with van der Waals surface area (Å²) in [4.78, 5) is 28.3. The summed E-state index contributed by atoms with van der Waals surface area (Å²) in [5, 5.41) is 23.8. The Labute approximate surface area is 237 Å². The summed E-state index contributed by atoms with van der Waals surface area (Å²) >= 11 is 6.18. The largest absolute Gasteiger partial charge is 0.489 e.